The summed E-state index contributed by atoms with van der Waals surface area (Å²) in [5, 5.41) is 0. The first-order chi connectivity index (χ1) is 6.27. The molecule has 0 saturated carbocycles. The Morgan fingerprint density at radius 3 is 1.92 bits per heavy atom. The number of hydrogen-bond acceptors (Lipinski definition) is 0. The van der Waals surface area contributed by atoms with Crippen LogP contribution in [-0.4, -0.2) is 6.71 Å². The van der Waals surface area contributed by atoms with Crippen LogP contribution in [0.15, 0.2) is 53.4 Å². The minimum Gasteiger partial charge on any atom is -0.103 e. The van der Waals surface area contributed by atoms with Crippen molar-refractivity contribution < 1.29 is 0 Å². The highest BCUT2D eigenvalue weighted by molar-refractivity contribution is 6.83. The van der Waals surface area contributed by atoms with Crippen molar-refractivity contribution in [2.75, 3.05) is 0 Å². The fraction of sp³-hybridized carbons (Fsp3) is 0.167. The van der Waals surface area contributed by atoms with Gasteiger partial charge in [0.1, 0.15) is 0 Å². The van der Waals surface area contributed by atoms with E-state index in [0.717, 1.165) is 0 Å². The second-order valence-electron chi connectivity index (χ2n) is 3.64. The molecule has 0 fully saturated rings. The molecule has 0 atom stereocenters. The van der Waals surface area contributed by atoms with Crippen molar-refractivity contribution in [3.8, 4) is 0 Å². The van der Waals surface area contributed by atoms with Gasteiger partial charge >= 0.3 is 0 Å². The highest BCUT2D eigenvalue weighted by atomic mass is 14.0. The molecule has 2 rings (SSSR count). The van der Waals surface area contributed by atoms with Crippen molar-refractivity contribution in [2.24, 2.45) is 0 Å². The van der Waals surface area contributed by atoms with Crippen LogP contribution >= 0.6 is 0 Å². The zero-order chi connectivity index (χ0) is 9.26. The highest BCUT2D eigenvalue weighted by Crippen LogP contribution is 2.16. The lowest BCUT2D eigenvalue weighted by molar-refractivity contribution is 1.39. The molecule has 1 aromatic rings. The van der Waals surface area contributed by atoms with E-state index < -0.39 is 0 Å². The predicted molar refractivity (Wildman–Crippen MR) is 59.3 cm³/mol. The van der Waals surface area contributed by atoms with E-state index in [2.05, 4.69) is 56.1 Å². The summed E-state index contributed by atoms with van der Waals surface area (Å²) < 4.78 is 0. The molecular weight excluding hydrogens is 155 g/mol. The molecule has 1 aliphatic heterocycles. The van der Waals surface area contributed by atoms with E-state index in [4.69, 9.17) is 0 Å². The lowest BCUT2D eigenvalue weighted by atomic mass is 9.46. The van der Waals surface area contributed by atoms with Gasteiger partial charge in [0, 0.05) is 0 Å². The maximum Gasteiger partial charge on any atom is 0.226 e. The second kappa shape index (κ2) is 3.25. The molecule has 0 bridgehead atoms. The minimum absolute atomic E-state index is 0.501. The van der Waals surface area contributed by atoms with E-state index in [9.17, 15) is 0 Å². The summed E-state index contributed by atoms with van der Waals surface area (Å²) in [5.41, 5.74) is 4.21. The molecule has 0 unspecified atom stereocenters. The topological polar surface area (TPSA) is 0 Å². The normalized spacial score (nSPS) is 15.7. The van der Waals surface area contributed by atoms with Gasteiger partial charge in [-0.1, -0.05) is 46.9 Å². The van der Waals surface area contributed by atoms with Gasteiger partial charge in [-0.2, -0.15) is 0 Å². The van der Waals surface area contributed by atoms with Gasteiger partial charge in [-0.05, 0) is 13.8 Å². The van der Waals surface area contributed by atoms with Crippen LogP contribution < -0.4 is 5.46 Å². The molecule has 0 N–H and O–H groups in total. The Labute approximate surface area is 80.1 Å². The molecular formula is C12H13B. The van der Waals surface area contributed by atoms with Gasteiger partial charge in [-0.15, -0.1) is 12.0 Å². The monoisotopic (exact) mass is 168 g/mol. The first-order valence-corrected chi connectivity index (χ1v) is 4.69. The molecule has 0 aliphatic carbocycles. The van der Waals surface area contributed by atoms with Crippen molar-refractivity contribution in [3.63, 3.8) is 0 Å². The summed E-state index contributed by atoms with van der Waals surface area (Å²) in [7, 11) is 0. The molecule has 1 heterocycles. The fourth-order valence-corrected chi connectivity index (χ4v) is 1.72. The standard InChI is InChI=1S/C12H13B/c1-10-8-13(9-11(10)2)12-6-4-3-5-7-12/h3-9H,1-2H3. The van der Waals surface area contributed by atoms with Gasteiger partial charge in [0.25, 0.3) is 0 Å². The summed E-state index contributed by atoms with van der Waals surface area (Å²) in [6.07, 6.45) is 0. The Bertz CT molecular complexity index is 342. The summed E-state index contributed by atoms with van der Waals surface area (Å²) >= 11 is 0. The maximum absolute atomic E-state index is 2.32. The molecule has 0 saturated heterocycles. The van der Waals surface area contributed by atoms with Crippen LogP contribution in [0.4, 0.5) is 0 Å². The molecule has 0 amide bonds. The summed E-state index contributed by atoms with van der Waals surface area (Å²) in [6.45, 7) is 4.85. The second-order valence-corrected chi connectivity index (χ2v) is 3.64. The van der Waals surface area contributed by atoms with Crippen LogP contribution in [0.1, 0.15) is 13.8 Å². The van der Waals surface area contributed by atoms with Crippen LogP contribution in [0.2, 0.25) is 0 Å². The SMILES string of the molecule is CC1=CB(c2ccccc2)C=C1C. The Morgan fingerprint density at radius 2 is 1.38 bits per heavy atom. The van der Waals surface area contributed by atoms with Gasteiger partial charge < -0.3 is 0 Å². The smallest absolute Gasteiger partial charge is 0.103 e. The van der Waals surface area contributed by atoms with Crippen molar-refractivity contribution in [2.45, 2.75) is 13.8 Å². The molecule has 0 spiro atoms. The van der Waals surface area contributed by atoms with E-state index in [1.165, 1.54) is 16.6 Å². The number of rotatable bonds is 1. The Kier molecular flexibility index (Phi) is 2.09. The lowest BCUT2D eigenvalue weighted by Crippen LogP contribution is -2.24. The maximum atomic E-state index is 2.32. The van der Waals surface area contributed by atoms with E-state index in [1.807, 2.05) is 0 Å². The third-order valence-electron chi connectivity index (χ3n) is 2.67. The first kappa shape index (κ1) is 8.37. The molecule has 1 aliphatic rings. The van der Waals surface area contributed by atoms with Gasteiger partial charge in [-0.3, -0.25) is 0 Å². The van der Waals surface area contributed by atoms with E-state index in [0.29, 0.717) is 6.71 Å². The molecule has 1 aromatic carbocycles. The van der Waals surface area contributed by atoms with Crippen LogP contribution in [0, 0.1) is 0 Å². The third-order valence-corrected chi connectivity index (χ3v) is 2.67. The molecule has 64 valence electrons. The average molecular weight is 168 g/mol. The Balaban J connectivity index is 2.32. The van der Waals surface area contributed by atoms with Crippen molar-refractivity contribution in [1.82, 2.24) is 0 Å². The zero-order valence-corrected chi connectivity index (χ0v) is 8.12. The van der Waals surface area contributed by atoms with Gasteiger partial charge in [-0.25, -0.2) is 0 Å². The zero-order valence-electron chi connectivity index (χ0n) is 8.12. The molecule has 0 radical (unpaired) electrons. The van der Waals surface area contributed by atoms with Crippen molar-refractivity contribution in [3.05, 3.63) is 53.4 Å². The van der Waals surface area contributed by atoms with Gasteiger partial charge in [0.15, 0.2) is 0 Å². The minimum atomic E-state index is 0.501. The Hall–Kier alpha value is -1.24. The quantitative estimate of drug-likeness (QED) is 0.564. The van der Waals surface area contributed by atoms with Gasteiger partial charge in [0.05, 0.1) is 0 Å². The van der Waals surface area contributed by atoms with Gasteiger partial charge in [0.2, 0.25) is 6.71 Å². The van der Waals surface area contributed by atoms with E-state index >= 15 is 0 Å². The largest absolute Gasteiger partial charge is 0.226 e. The third kappa shape index (κ3) is 1.60. The summed E-state index contributed by atoms with van der Waals surface area (Å²) in [5.74, 6) is 4.65. The van der Waals surface area contributed by atoms with Crippen LogP contribution in [-0.2, 0) is 0 Å². The molecule has 13 heavy (non-hydrogen) atoms. The van der Waals surface area contributed by atoms with Crippen LogP contribution in [0.25, 0.3) is 0 Å². The van der Waals surface area contributed by atoms with Crippen molar-refractivity contribution >= 4 is 12.2 Å². The fourth-order valence-electron chi connectivity index (χ4n) is 1.72. The average Bonchev–Trinajstić information content (AvgIpc) is 2.49. The first-order valence-electron chi connectivity index (χ1n) is 4.69. The van der Waals surface area contributed by atoms with E-state index in [1.54, 1.807) is 0 Å². The number of benzene rings is 1. The molecule has 0 nitrogen and oxygen atoms in total. The predicted octanol–water partition coefficient (Wildman–Crippen LogP) is 2.37. The number of hydrogen-bond donors (Lipinski definition) is 0. The Morgan fingerprint density at radius 1 is 0.846 bits per heavy atom. The summed E-state index contributed by atoms with van der Waals surface area (Å²) in [4.78, 5) is 0. The van der Waals surface area contributed by atoms with E-state index in [-0.39, 0.29) is 0 Å². The van der Waals surface area contributed by atoms with Crippen LogP contribution in [0.5, 0.6) is 0 Å². The summed E-state index contributed by atoms with van der Waals surface area (Å²) in [6, 6.07) is 10.6. The highest BCUT2D eigenvalue weighted by Gasteiger charge is 2.16. The molecule has 1 heteroatoms. The van der Waals surface area contributed by atoms with Crippen LogP contribution in [0.3, 0.4) is 0 Å². The molecule has 0 aromatic heterocycles. The van der Waals surface area contributed by atoms with Crippen molar-refractivity contribution in [1.29, 1.82) is 0 Å². The number of allylic oxidation sites excluding steroid dienone is 2. The lowest BCUT2D eigenvalue weighted by Gasteiger charge is -1.99.